The molecule has 2 aromatic heterocycles. The summed E-state index contributed by atoms with van der Waals surface area (Å²) < 4.78 is 0.979. The molecule has 0 aromatic carbocycles. The highest BCUT2D eigenvalue weighted by molar-refractivity contribution is 9.10. The molecule has 19 heavy (non-hydrogen) atoms. The van der Waals surface area contributed by atoms with E-state index in [0.717, 1.165) is 28.8 Å². The van der Waals surface area contributed by atoms with Crippen molar-refractivity contribution in [1.29, 1.82) is 0 Å². The van der Waals surface area contributed by atoms with E-state index in [2.05, 4.69) is 38.1 Å². The van der Waals surface area contributed by atoms with Crippen LogP contribution in [0.1, 0.15) is 24.4 Å². The topological polar surface area (TPSA) is 37.8 Å². The number of likely N-dealkylation sites (N-methyl/N-ethyl adjacent to an activating group) is 1. The molecule has 1 unspecified atom stereocenters. The molecule has 1 N–H and O–H groups in total. The van der Waals surface area contributed by atoms with Crippen molar-refractivity contribution in [3.8, 4) is 0 Å². The summed E-state index contributed by atoms with van der Waals surface area (Å²) in [4.78, 5) is 8.78. The monoisotopic (exact) mass is 339 g/mol. The lowest BCUT2D eigenvalue weighted by molar-refractivity contribution is 0.531. The Kier molecular flexibility index (Phi) is 5.31. The van der Waals surface area contributed by atoms with E-state index in [9.17, 15) is 0 Å². The third kappa shape index (κ3) is 4.00. The second-order valence-corrected chi connectivity index (χ2v) is 5.48. The van der Waals surface area contributed by atoms with Gasteiger partial charge in [0.15, 0.2) is 0 Å². The van der Waals surface area contributed by atoms with Gasteiger partial charge in [0, 0.05) is 29.0 Å². The molecule has 2 rings (SSSR count). The van der Waals surface area contributed by atoms with E-state index in [1.165, 1.54) is 0 Å². The van der Waals surface area contributed by atoms with E-state index >= 15 is 0 Å². The molecule has 0 fully saturated rings. The molecule has 0 radical (unpaired) electrons. The van der Waals surface area contributed by atoms with Crippen molar-refractivity contribution < 1.29 is 0 Å². The van der Waals surface area contributed by atoms with Crippen LogP contribution in [0.5, 0.6) is 0 Å². The minimum Gasteiger partial charge on any atom is -0.309 e. The number of nitrogens with one attached hydrogen (secondary N) is 1. The van der Waals surface area contributed by atoms with Crippen molar-refractivity contribution in [3.05, 3.63) is 57.5 Å². The summed E-state index contributed by atoms with van der Waals surface area (Å²) in [7, 11) is 0. The molecule has 3 nitrogen and oxygen atoms in total. The van der Waals surface area contributed by atoms with E-state index in [1.807, 2.05) is 24.3 Å². The van der Waals surface area contributed by atoms with Crippen molar-refractivity contribution in [3.63, 3.8) is 0 Å². The lowest BCUT2D eigenvalue weighted by Gasteiger charge is -2.18. The molecular weight excluding hydrogens is 326 g/mol. The van der Waals surface area contributed by atoms with Gasteiger partial charge >= 0.3 is 0 Å². The lowest BCUT2D eigenvalue weighted by atomic mass is 10.1. The summed E-state index contributed by atoms with van der Waals surface area (Å²) in [6.45, 7) is 2.92. The van der Waals surface area contributed by atoms with Crippen molar-refractivity contribution >= 4 is 27.5 Å². The number of aromatic nitrogens is 2. The van der Waals surface area contributed by atoms with Crippen molar-refractivity contribution in [1.82, 2.24) is 15.3 Å². The average molecular weight is 341 g/mol. The van der Waals surface area contributed by atoms with E-state index in [-0.39, 0.29) is 6.04 Å². The first-order valence-corrected chi connectivity index (χ1v) is 7.32. The molecule has 5 heteroatoms. The van der Waals surface area contributed by atoms with Crippen LogP contribution in [0.2, 0.25) is 5.02 Å². The Morgan fingerprint density at radius 2 is 2.16 bits per heavy atom. The molecule has 0 spiro atoms. The van der Waals surface area contributed by atoms with Gasteiger partial charge < -0.3 is 5.32 Å². The maximum absolute atomic E-state index is 6.22. The van der Waals surface area contributed by atoms with Crippen LogP contribution >= 0.6 is 27.5 Å². The zero-order valence-electron chi connectivity index (χ0n) is 10.6. The predicted molar refractivity (Wildman–Crippen MR) is 81.3 cm³/mol. The smallest absolute Gasteiger partial charge is 0.0762 e. The first kappa shape index (κ1) is 14.4. The summed E-state index contributed by atoms with van der Waals surface area (Å²) in [6, 6.07) is 7.78. The SMILES string of the molecule is CCNC(Cc1ccc(Br)cn1)c1ncccc1Cl. The molecule has 0 saturated carbocycles. The van der Waals surface area contributed by atoms with Crippen LogP contribution in [-0.4, -0.2) is 16.5 Å². The van der Waals surface area contributed by atoms with Crippen LogP contribution in [-0.2, 0) is 6.42 Å². The summed E-state index contributed by atoms with van der Waals surface area (Å²) >= 11 is 9.60. The molecule has 2 heterocycles. The van der Waals surface area contributed by atoms with Crippen molar-refractivity contribution in [2.24, 2.45) is 0 Å². The Hall–Kier alpha value is -0.970. The minimum atomic E-state index is 0.0763. The fourth-order valence-corrected chi connectivity index (χ4v) is 2.39. The normalized spacial score (nSPS) is 12.4. The maximum atomic E-state index is 6.22. The number of pyridine rings is 2. The molecule has 0 aliphatic rings. The molecule has 0 aliphatic heterocycles. The molecule has 100 valence electrons. The van der Waals surface area contributed by atoms with Gasteiger partial charge in [-0.3, -0.25) is 9.97 Å². The number of hydrogen-bond acceptors (Lipinski definition) is 3. The van der Waals surface area contributed by atoms with Crippen LogP contribution in [0.25, 0.3) is 0 Å². The van der Waals surface area contributed by atoms with Crippen LogP contribution in [0.4, 0.5) is 0 Å². The van der Waals surface area contributed by atoms with Gasteiger partial charge in [-0.05, 0) is 46.7 Å². The quantitative estimate of drug-likeness (QED) is 0.900. The average Bonchev–Trinajstić information content (AvgIpc) is 2.41. The van der Waals surface area contributed by atoms with Crippen LogP contribution < -0.4 is 5.32 Å². The number of hydrogen-bond donors (Lipinski definition) is 1. The van der Waals surface area contributed by atoms with Gasteiger partial charge in [0.05, 0.1) is 16.8 Å². The van der Waals surface area contributed by atoms with Crippen LogP contribution in [0.15, 0.2) is 41.1 Å². The van der Waals surface area contributed by atoms with Gasteiger partial charge in [0.25, 0.3) is 0 Å². The van der Waals surface area contributed by atoms with E-state index in [0.29, 0.717) is 5.02 Å². The number of halogens is 2. The zero-order chi connectivity index (χ0) is 13.7. The summed E-state index contributed by atoms with van der Waals surface area (Å²) in [6.07, 6.45) is 4.33. The predicted octanol–water partition coefficient (Wildman–Crippen LogP) is 3.79. The molecule has 0 bridgehead atoms. The van der Waals surface area contributed by atoms with E-state index in [1.54, 1.807) is 12.4 Å². The highest BCUT2D eigenvalue weighted by Gasteiger charge is 2.16. The van der Waals surface area contributed by atoms with Gasteiger partial charge in [-0.25, -0.2) is 0 Å². The third-order valence-corrected chi connectivity index (χ3v) is 3.56. The zero-order valence-corrected chi connectivity index (χ0v) is 12.9. The Labute approximate surface area is 126 Å². The minimum absolute atomic E-state index is 0.0763. The maximum Gasteiger partial charge on any atom is 0.0762 e. The Balaban J connectivity index is 2.21. The first-order chi connectivity index (χ1) is 9.20. The van der Waals surface area contributed by atoms with Crippen molar-refractivity contribution in [2.45, 2.75) is 19.4 Å². The summed E-state index contributed by atoms with van der Waals surface area (Å²) in [5.74, 6) is 0. The molecule has 0 amide bonds. The van der Waals surface area contributed by atoms with Crippen LogP contribution in [0, 0.1) is 0 Å². The summed E-state index contributed by atoms with van der Waals surface area (Å²) in [5, 5.41) is 4.09. The highest BCUT2D eigenvalue weighted by Crippen LogP contribution is 2.23. The third-order valence-electron chi connectivity index (χ3n) is 2.77. The molecule has 0 aliphatic carbocycles. The second-order valence-electron chi connectivity index (χ2n) is 4.15. The van der Waals surface area contributed by atoms with Gasteiger partial charge in [0.2, 0.25) is 0 Å². The fraction of sp³-hybridized carbons (Fsp3) is 0.286. The Bertz CT molecular complexity index is 530. The lowest BCUT2D eigenvalue weighted by Crippen LogP contribution is -2.24. The van der Waals surface area contributed by atoms with Gasteiger partial charge in [-0.15, -0.1) is 0 Å². The van der Waals surface area contributed by atoms with E-state index in [4.69, 9.17) is 11.6 Å². The van der Waals surface area contributed by atoms with Crippen molar-refractivity contribution in [2.75, 3.05) is 6.54 Å². The Morgan fingerprint density at radius 3 is 2.79 bits per heavy atom. The number of rotatable bonds is 5. The molecule has 1 atom stereocenters. The van der Waals surface area contributed by atoms with Gasteiger partial charge in [-0.2, -0.15) is 0 Å². The summed E-state index contributed by atoms with van der Waals surface area (Å²) in [5.41, 5.74) is 1.88. The standard InChI is InChI=1S/C14H15BrClN3/c1-2-17-13(14-12(16)4-3-7-18-14)8-11-6-5-10(15)9-19-11/h3-7,9,13,17H,2,8H2,1H3. The van der Waals surface area contributed by atoms with Gasteiger partial charge in [0.1, 0.15) is 0 Å². The molecule has 2 aromatic rings. The van der Waals surface area contributed by atoms with E-state index < -0.39 is 0 Å². The Morgan fingerprint density at radius 1 is 1.32 bits per heavy atom. The largest absolute Gasteiger partial charge is 0.309 e. The number of nitrogens with zero attached hydrogens (tertiary/aromatic N) is 2. The van der Waals surface area contributed by atoms with Crippen LogP contribution in [0.3, 0.4) is 0 Å². The highest BCUT2D eigenvalue weighted by atomic mass is 79.9. The molecular formula is C14H15BrClN3. The fourth-order valence-electron chi connectivity index (χ4n) is 1.90. The first-order valence-electron chi connectivity index (χ1n) is 6.15. The second kappa shape index (κ2) is 6.98. The van der Waals surface area contributed by atoms with Gasteiger partial charge in [-0.1, -0.05) is 18.5 Å². The molecule has 0 saturated heterocycles.